The van der Waals surface area contributed by atoms with Gasteiger partial charge in [0.25, 0.3) is 0 Å². The molecule has 36 heavy (non-hydrogen) atoms. The molecule has 0 unspecified atom stereocenters. The SMILES string of the molecule is CCOC(=O)[C@@H](CC)N1C(=O)C[C@H](c2ccc(C(F)(F)F)cc2)C(C(=O)OCc2ccccc2)=C1C. The predicted molar refractivity (Wildman–Crippen MR) is 125 cm³/mol. The van der Waals surface area contributed by atoms with Gasteiger partial charge in [-0.1, -0.05) is 49.4 Å². The van der Waals surface area contributed by atoms with Gasteiger partial charge in [-0.05, 0) is 43.5 Å². The Kier molecular flexibility index (Phi) is 8.55. The van der Waals surface area contributed by atoms with Crippen molar-refractivity contribution in [2.45, 2.75) is 58.4 Å². The summed E-state index contributed by atoms with van der Waals surface area (Å²) in [5.41, 5.74) is 0.613. The number of halogens is 3. The molecule has 9 heteroatoms. The number of benzene rings is 2. The van der Waals surface area contributed by atoms with Gasteiger partial charge in [-0.25, -0.2) is 9.59 Å². The average Bonchev–Trinajstić information content (AvgIpc) is 2.85. The van der Waals surface area contributed by atoms with Crippen LogP contribution < -0.4 is 0 Å². The van der Waals surface area contributed by atoms with Gasteiger partial charge in [-0.3, -0.25) is 4.79 Å². The summed E-state index contributed by atoms with van der Waals surface area (Å²) < 4.78 is 49.9. The summed E-state index contributed by atoms with van der Waals surface area (Å²) in [6.07, 6.45) is -4.48. The van der Waals surface area contributed by atoms with Crippen LogP contribution in [-0.2, 0) is 36.6 Å². The van der Waals surface area contributed by atoms with Crippen molar-refractivity contribution in [3.8, 4) is 0 Å². The van der Waals surface area contributed by atoms with Crippen LogP contribution in [0.4, 0.5) is 13.2 Å². The number of rotatable bonds is 8. The lowest BCUT2D eigenvalue weighted by Gasteiger charge is -2.38. The van der Waals surface area contributed by atoms with E-state index in [0.29, 0.717) is 5.56 Å². The Bertz CT molecular complexity index is 1130. The molecule has 0 radical (unpaired) electrons. The van der Waals surface area contributed by atoms with Crippen LogP contribution in [0.3, 0.4) is 0 Å². The summed E-state index contributed by atoms with van der Waals surface area (Å²) in [7, 11) is 0. The number of alkyl halides is 3. The summed E-state index contributed by atoms with van der Waals surface area (Å²) in [6, 6.07) is 12.4. The molecule has 1 aliphatic rings. The number of hydrogen-bond donors (Lipinski definition) is 0. The highest BCUT2D eigenvalue weighted by Crippen LogP contribution is 2.39. The number of esters is 2. The van der Waals surface area contributed by atoms with Crippen molar-refractivity contribution in [1.29, 1.82) is 0 Å². The molecule has 6 nitrogen and oxygen atoms in total. The fourth-order valence-corrected chi connectivity index (χ4v) is 4.32. The first-order chi connectivity index (χ1) is 17.1. The number of carbonyl (C=O) groups is 3. The molecule has 1 amide bonds. The van der Waals surface area contributed by atoms with E-state index in [9.17, 15) is 27.6 Å². The Morgan fingerprint density at radius 3 is 2.22 bits per heavy atom. The van der Waals surface area contributed by atoms with Crippen molar-refractivity contribution in [1.82, 2.24) is 4.90 Å². The minimum atomic E-state index is -4.52. The highest BCUT2D eigenvalue weighted by molar-refractivity contribution is 5.97. The van der Waals surface area contributed by atoms with Gasteiger partial charge in [-0.2, -0.15) is 13.2 Å². The second-order valence-corrected chi connectivity index (χ2v) is 8.38. The van der Waals surface area contributed by atoms with E-state index >= 15 is 0 Å². The average molecular weight is 504 g/mol. The first kappa shape index (κ1) is 27.0. The molecule has 0 saturated heterocycles. The van der Waals surface area contributed by atoms with Crippen molar-refractivity contribution in [2.24, 2.45) is 0 Å². The van der Waals surface area contributed by atoms with E-state index in [1.54, 1.807) is 38.1 Å². The maximum Gasteiger partial charge on any atom is 0.416 e. The van der Waals surface area contributed by atoms with Gasteiger partial charge in [0.05, 0.1) is 17.7 Å². The number of nitrogens with zero attached hydrogens (tertiary/aromatic N) is 1. The Morgan fingerprint density at radius 2 is 1.67 bits per heavy atom. The Morgan fingerprint density at radius 1 is 1.03 bits per heavy atom. The standard InChI is InChI=1S/C27H28F3NO5/c1-4-22(25(33)35-5-2)31-17(3)24(26(34)36-16-18-9-7-6-8-10-18)21(15-23(31)32)19-11-13-20(14-12-19)27(28,29)30/h6-14,21-22H,4-5,15-16H2,1-3H3/t21-,22-/m1/s1. The lowest BCUT2D eigenvalue weighted by atomic mass is 9.82. The second kappa shape index (κ2) is 11.4. The maximum atomic E-state index is 13.3. The molecule has 192 valence electrons. The quantitative estimate of drug-likeness (QED) is 0.453. The van der Waals surface area contributed by atoms with Gasteiger partial charge in [0.15, 0.2) is 0 Å². The minimum Gasteiger partial charge on any atom is -0.464 e. The highest BCUT2D eigenvalue weighted by atomic mass is 19.4. The lowest BCUT2D eigenvalue weighted by Crippen LogP contribution is -2.48. The summed E-state index contributed by atoms with van der Waals surface area (Å²) in [4.78, 5) is 40.4. The topological polar surface area (TPSA) is 72.9 Å². The second-order valence-electron chi connectivity index (χ2n) is 8.38. The molecule has 0 bridgehead atoms. The molecule has 0 fully saturated rings. The van der Waals surface area contributed by atoms with Gasteiger partial charge in [0.1, 0.15) is 12.6 Å². The largest absolute Gasteiger partial charge is 0.464 e. The minimum absolute atomic E-state index is 0.0286. The number of ether oxygens (including phenoxy) is 2. The molecule has 2 atom stereocenters. The van der Waals surface area contributed by atoms with Gasteiger partial charge in [0, 0.05) is 18.0 Å². The lowest BCUT2D eigenvalue weighted by molar-refractivity contribution is -0.154. The third-order valence-electron chi connectivity index (χ3n) is 6.08. The molecule has 0 aliphatic carbocycles. The molecule has 0 aromatic heterocycles. The van der Waals surface area contributed by atoms with Crippen LogP contribution in [0.5, 0.6) is 0 Å². The molecular weight excluding hydrogens is 475 g/mol. The number of amides is 1. The first-order valence-corrected chi connectivity index (χ1v) is 11.7. The van der Waals surface area contributed by atoms with E-state index in [1.807, 2.05) is 6.07 Å². The summed E-state index contributed by atoms with van der Waals surface area (Å²) in [5.74, 6) is -2.58. The van der Waals surface area contributed by atoms with Crippen LogP contribution in [0.25, 0.3) is 0 Å². The number of hydrogen-bond acceptors (Lipinski definition) is 5. The van der Waals surface area contributed by atoms with E-state index < -0.39 is 41.5 Å². The first-order valence-electron chi connectivity index (χ1n) is 11.7. The number of allylic oxidation sites excluding steroid dienone is 1. The van der Waals surface area contributed by atoms with Crippen LogP contribution in [0.15, 0.2) is 65.9 Å². The Hall–Kier alpha value is -3.62. The summed E-state index contributed by atoms with van der Waals surface area (Å²) >= 11 is 0. The molecule has 2 aromatic carbocycles. The van der Waals surface area contributed by atoms with Gasteiger partial charge < -0.3 is 14.4 Å². The van der Waals surface area contributed by atoms with Crippen LogP contribution in [0.2, 0.25) is 0 Å². The zero-order valence-electron chi connectivity index (χ0n) is 20.3. The monoisotopic (exact) mass is 503 g/mol. The van der Waals surface area contributed by atoms with Gasteiger partial charge in [-0.15, -0.1) is 0 Å². The molecule has 1 heterocycles. The fraction of sp³-hybridized carbons (Fsp3) is 0.370. The van der Waals surface area contributed by atoms with E-state index in [1.165, 1.54) is 24.0 Å². The fourth-order valence-electron chi connectivity index (χ4n) is 4.32. The Labute approximate surface area is 207 Å². The molecular formula is C27H28F3NO5. The molecule has 0 N–H and O–H groups in total. The van der Waals surface area contributed by atoms with E-state index in [2.05, 4.69) is 0 Å². The van der Waals surface area contributed by atoms with E-state index in [-0.39, 0.29) is 37.3 Å². The van der Waals surface area contributed by atoms with Crippen molar-refractivity contribution < 1.29 is 37.0 Å². The predicted octanol–water partition coefficient (Wildman–Crippen LogP) is 5.38. The number of carbonyl (C=O) groups excluding carboxylic acids is 3. The molecule has 3 rings (SSSR count). The molecule has 1 aliphatic heterocycles. The smallest absolute Gasteiger partial charge is 0.416 e. The molecule has 2 aromatic rings. The Balaban J connectivity index is 2.03. The van der Waals surface area contributed by atoms with Crippen LogP contribution in [-0.4, -0.2) is 35.4 Å². The summed E-state index contributed by atoms with van der Waals surface area (Å²) in [6.45, 7) is 5.00. The van der Waals surface area contributed by atoms with Crippen molar-refractivity contribution in [3.05, 3.63) is 82.6 Å². The van der Waals surface area contributed by atoms with Crippen molar-refractivity contribution >= 4 is 17.8 Å². The van der Waals surface area contributed by atoms with Crippen LogP contribution >= 0.6 is 0 Å². The normalized spacial score (nSPS) is 17.1. The zero-order valence-corrected chi connectivity index (χ0v) is 20.3. The highest BCUT2D eigenvalue weighted by Gasteiger charge is 2.42. The third-order valence-corrected chi connectivity index (χ3v) is 6.08. The van der Waals surface area contributed by atoms with Crippen LogP contribution in [0, 0.1) is 0 Å². The van der Waals surface area contributed by atoms with Crippen molar-refractivity contribution in [2.75, 3.05) is 6.61 Å². The van der Waals surface area contributed by atoms with E-state index in [0.717, 1.165) is 17.7 Å². The maximum absolute atomic E-state index is 13.3. The molecule has 0 spiro atoms. The van der Waals surface area contributed by atoms with Crippen LogP contribution in [0.1, 0.15) is 56.2 Å². The zero-order chi connectivity index (χ0) is 26.5. The molecule has 0 saturated carbocycles. The van der Waals surface area contributed by atoms with E-state index in [4.69, 9.17) is 9.47 Å². The van der Waals surface area contributed by atoms with Gasteiger partial charge in [0.2, 0.25) is 5.91 Å². The third kappa shape index (κ3) is 5.95. The van der Waals surface area contributed by atoms with Crippen molar-refractivity contribution in [3.63, 3.8) is 0 Å². The summed E-state index contributed by atoms with van der Waals surface area (Å²) in [5, 5.41) is 0. The van der Waals surface area contributed by atoms with Gasteiger partial charge >= 0.3 is 18.1 Å².